The molecule has 0 atom stereocenters. The molecule has 0 saturated carbocycles. The van der Waals surface area contributed by atoms with Crippen LogP contribution in [0.5, 0.6) is 0 Å². The third kappa shape index (κ3) is 2.24. The van der Waals surface area contributed by atoms with Crippen molar-refractivity contribution < 1.29 is 9.90 Å². The lowest BCUT2D eigenvalue weighted by atomic mass is 9.81. The molecule has 2 aromatic carbocycles. The van der Waals surface area contributed by atoms with Crippen molar-refractivity contribution in [1.29, 1.82) is 0 Å². The lowest BCUT2D eigenvalue weighted by molar-refractivity contribution is -0.148. The summed E-state index contributed by atoms with van der Waals surface area (Å²) in [5.74, 6) is -0.804. The van der Waals surface area contributed by atoms with Crippen molar-refractivity contribution in [2.75, 3.05) is 13.1 Å². The second-order valence-corrected chi connectivity index (χ2v) is 5.44. The summed E-state index contributed by atoms with van der Waals surface area (Å²) in [5.41, 5.74) is 0.565. The topological polar surface area (TPSA) is 40.5 Å². The van der Waals surface area contributed by atoms with E-state index < -0.39 is 11.5 Å². The molecule has 0 unspecified atom stereocenters. The van der Waals surface area contributed by atoms with E-state index in [0.717, 1.165) is 37.1 Å². The second-order valence-electron chi connectivity index (χ2n) is 5.44. The molecule has 3 heteroatoms. The van der Waals surface area contributed by atoms with Gasteiger partial charge in [-0.25, -0.2) is 4.79 Å². The lowest BCUT2D eigenvalue weighted by Crippen LogP contribution is -2.51. The van der Waals surface area contributed by atoms with E-state index in [1.54, 1.807) is 0 Å². The van der Waals surface area contributed by atoms with Crippen molar-refractivity contribution in [2.45, 2.75) is 18.4 Å². The van der Waals surface area contributed by atoms with E-state index in [0.29, 0.717) is 0 Å². The number of likely N-dealkylation sites (tertiary alicyclic amines) is 1. The number of aliphatic carboxylic acids is 1. The van der Waals surface area contributed by atoms with E-state index in [2.05, 4.69) is 4.90 Å². The minimum absolute atomic E-state index is 0.804. The highest BCUT2D eigenvalue weighted by molar-refractivity contribution is 5.85. The minimum Gasteiger partial charge on any atom is -0.479 e. The first kappa shape index (κ1) is 13.8. The van der Waals surface area contributed by atoms with Crippen LogP contribution in [0.15, 0.2) is 60.7 Å². The molecule has 0 aliphatic carbocycles. The predicted molar refractivity (Wildman–Crippen MR) is 82.1 cm³/mol. The van der Waals surface area contributed by atoms with Crippen molar-refractivity contribution >= 4 is 5.97 Å². The molecule has 0 bridgehead atoms. The normalized spacial score (nSPS) is 16.0. The summed E-state index contributed by atoms with van der Waals surface area (Å²) < 4.78 is 0. The molecule has 1 aliphatic heterocycles. The highest BCUT2D eigenvalue weighted by atomic mass is 16.4. The van der Waals surface area contributed by atoms with Gasteiger partial charge in [0.15, 0.2) is 5.54 Å². The smallest absolute Gasteiger partial charge is 0.333 e. The standard InChI is InChI=1S/C18H19NO2/c20-17(21)18(19-13-7-8-14-19,15-9-3-1-4-10-15)16-11-5-2-6-12-16/h1-6,9-12H,7-8,13-14H2,(H,20,21). The van der Waals surface area contributed by atoms with Crippen molar-refractivity contribution in [3.63, 3.8) is 0 Å². The van der Waals surface area contributed by atoms with Crippen molar-refractivity contribution in [1.82, 2.24) is 4.90 Å². The van der Waals surface area contributed by atoms with Gasteiger partial charge in [0.1, 0.15) is 0 Å². The molecule has 1 N–H and O–H groups in total. The maximum absolute atomic E-state index is 12.4. The third-order valence-electron chi connectivity index (χ3n) is 4.27. The van der Waals surface area contributed by atoms with Crippen LogP contribution in [0.4, 0.5) is 0 Å². The zero-order valence-corrected chi connectivity index (χ0v) is 11.9. The van der Waals surface area contributed by atoms with Crippen molar-refractivity contribution in [3.8, 4) is 0 Å². The van der Waals surface area contributed by atoms with E-state index in [1.165, 1.54) is 0 Å². The van der Waals surface area contributed by atoms with E-state index >= 15 is 0 Å². The van der Waals surface area contributed by atoms with Gasteiger partial charge in [0.05, 0.1) is 0 Å². The van der Waals surface area contributed by atoms with Crippen LogP contribution in [-0.4, -0.2) is 29.1 Å². The van der Waals surface area contributed by atoms with Gasteiger partial charge in [-0.05, 0) is 37.1 Å². The molecule has 3 nitrogen and oxygen atoms in total. The minimum atomic E-state index is -1.08. The molecule has 0 aromatic heterocycles. The van der Waals surface area contributed by atoms with Gasteiger partial charge in [-0.2, -0.15) is 0 Å². The van der Waals surface area contributed by atoms with Gasteiger partial charge >= 0.3 is 5.97 Å². The van der Waals surface area contributed by atoms with Gasteiger partial charge < -0.3 is 5.11 Å². The predicted octanol–water partition coefficient (Wildman–Crippen LogP) is 3.11. The zero-order chi connectivity index (χ0) is 14.7. The van der Waals surface area contributed by atoms with Crippen LogP contribution in [0.2, 0.25) is 0 Å². The molecule has 1 saturated heterocycles. The molecule has 0 spiro atoms. The van der Waals surface area contributed by atoms with Gasteiger partial charge in [-0.3, -0.25) is 4.90 Å². The maximum atomic E-state index is 12.4. The fourth-order valence-corrected chi connectivity index (χ4v) is 3.33. The summed E-state index contributed by atoms with van der Waals surface area (Å²) >= 11 is 0. The SMILES string of the molecule is O=C(O)C(c1ccccc1)(c1ccccc1)N1CCCC1. The highest BCUT2D eigenvalue weighted by Crippen LogP contribution is 2.38. The number of benzene rings is 2. The van der Waals surface area contributed by atoms with Crippen LogP contribution < -0.4 is 0 Å². The molecule has 108 valence electrons. The summed E-state index contributed by atoms with van der Waals surface area (Å²) in [6.07, 6.45) is 2.10. The molecule has 3 rings (SSSR count). The van der Waals surface area contributed by atoms with Crippen LogP contribution in [0.1, 0.15) is 24.0 Å². The number of hydrogen-bond acceptors (Lipinski definition) is 2. The van der Waals surface area contributed by atoms with Gasteiger partial charge in [-0.1, -0.05) is 60.7 Å². The molecule has 0 amide bonds. The molecule has 1 aliphatic rings. The van der Waals surface area contributed by atoms with Crippen molar-refractivity contribution in [2.24, 2.45) is 0 Å². The molecule has 1 heterocycles. The molecule has 0 radical (unpaired) electrons. The number of carboxylic acids is 1. The maximum Gasteiger partial charge on any atom is 0.333 e. The number of nitrogens with zero attached hydrogens (tertiary/aromatic N) is 1. The monoisotopic (exact) mass is 281 g/mol. The number of carbonyl (C=O) groups is 1. The Balaban J connectivity index is 2.24. The van der Waals surface area contributed by atoms with Gasteiger partial charge in [0.2, 0.25) is 0 Å². The molecule has 21 heavy (non-hydrogen) atoms. The highest BCUT2D eigenvalue weighted by Gasteiger charge is 2.48. The van der Waals surface area contributed by atoms with E-state index in [9.17, 15) is 9.90 Å². The summed E-state index contributed by atoms with van der Waals surface area (Å²) in [6.45, 7) is 1.63. The Kier molecular flexibility index (Phi) is 3.76. The largest absolute Gasteiger partial charge is 0.479 e. The van der Waals surface area contributed by atoms with Gasteiger partial charge in [0, 0.05) is 0 Å². The van der Waals surface area contributed by atoms with E-state index in [4.69, 9.17) is 0 Å². The van der Waals surface area contributed by atoms with Gasteiger partial charge in [-0.15, -0.1) is 0 Å². The average Bonchev–Trinajstić information content (AvgIpc) is 3.04. The second kappa shape index (κ2) is 5.70. The summed E-state index contributed by atoms with van der Waals surface area (Å²) in [5, 5.41) is 10.1. The zero-order valence-electron chi connectivity index (χ0n) is 11.9. The van der Waals surface area contributed by atoms with Crippen LogP contribution in [0, 0.1) is 0 Å². The number of carboxylic acid groups (broad SMARTS) is 1. The fraction of sp³-hybridized carbons (Fsp3) is 0.278. The molecule has 2 aromatic rings. The average molecular weight is 281 g/mol. The first-order chi connectivity index (χ1) is 10.3. The Morgan fingerprint density at radius 3 is 1.67 bits per heavy atom. The Labute approximate surface area is 124 Å². The number of rotatable bonds is 4. The third-order valence-corrected chi connectivity index (χ3v) is 4.27. The first-order valence-electron chi connectivity index (χ1n) is 7.36. The van der Waals surface area contributed by atoms with E-state index in [-0.39, 0.29) is 0 Å². The van der Waals surface area contributed by atoms with Gasteiger partial charge in [0.25, 0.3) is 0 Å². The fourth-order valence-electron chi connectivity index (χ4n) is 3.33. The van der Waals surface area contributed by atoms with E-state index in [1.807, 2.05) is 60.7 Å². The molecular weight excluding hydrogens is 262 g/mol. The van der Waals surface area contributed by atoms with Crippen LogP contribution in [0.3, 0.4) is 0 Å². The summed E-state index contributed by atoms with van der Waals surface area (Å²) in [4.78, 5) is 14.5. The Bertz CT molecular complexity index is 564. The lowest BCUT2D eigenvalue weighted by Gasteiger charge is -2.39. The summed E-state index contributed by atoms with van der Waals surface area (Å²) in [7, 11) is 0. The molecule has 1 fully saturated rings. The molecular formula is C18H19NO2. The number of hydrogen-bond donors (Lipinski definition) is 1. The summed E-state index contributed by atoms with van der Waals surface area (Å²) in [6, 6.07) is 19.1. The van der Waals surface area contributed by atoms with Crippen LogP contribution in [-0.2, 0) is 10.3 Å². The Morgan fingerprint density at radius 2 is 1.29 bits per heavy atom. The quantitative estimate of drug-likeness (QED) is 0.936. The Hall–Kier alpha value is -2.13. The van der Waals surface area contributed by atoms with Crippen LogP contribution >= 0.6 is 0 Å². The first-order valence-corrected chi connectivity index (χ1v) is 7.36. The van der Waals surface area contributed by atoms with Crippen LogP contribution in [0.25, 0.3) is 0 Å². The van der Waals surface area contributed by atoms with Crippen molar-refractivity contribution in [3.05, 3.63) is 71.8 Å². The Morgan fingerprint density at radius 1 is 0.857 bits per heavy atom.